The van der Waals surface area contributed by atoms with E-state index in [1.807, 2.05) is 36.1 Å². The van der Waals surface area contributed by atoms with E-state index < -0.39 is 5.54 Å². The third kappa shape index (κ3) is 2.21. The van der Waals surface area contributed by atoms with Crippen LogP contribution < -0.4 is 0 Å². The smallest absolute Gasteiger partial charge is 0.409 e. The van der Waals surface area contributed by atoms with Crippen LogP contribution in [0.4, 0.5) is 4.79 Å². The van der Waals surface area contributed by atoms with Crippen LogP contribution in [0.15, 0.2) is 24.3 Å². The van der Waals surface area contributed by atoms with E-state index in [-0.39, 0.29) is 17.5 Å². The molecule has 0 radical (unpaired) electrons. The Morgan fingerprint density at radius 1 is 1.30 bits per heavy atom. The molecule has 0 bridgehead atoms. The zero-order chi connectivity index (χ0) is 16.8. The summed E-state index contributed by atoms with van der Waals surface area (Å²) in [5.41, 5.74) is 0.312. The van der Waals surface area contributed by atoms with Crippen molar-refractivity contribution in [2.75, 3.05) is 19.7 Å². The van der Waals surface area contributed by atoms with Crippen molar-refractivity contribution in [3.8, 4) is 0 Å². The number of hydrogen-bond donors (Lipinski definition) is 0. The number of likely N-dealkylation sites (tertiary alicyclic amines) is 1. The second kappa shape index (κ2) is 5.41. The summed E-state index contributed by atoms with van der Waals surface area (Å²) in [5.74, 6) is 0.0214. The summed E-state index contributed by atoms with van der Waals surface area (Å²) >= 11 is 5.99. The number of halogens is 1. The predicted octanol–water partition coefficient (Wildman–Crippen LogP) is 3.02. The van der Waals surface area contributed by atoms with Gasteiger partial charge in [0.15, 0.2) is 0 Å². The van der Waals surface area contributed by atoms with Crippen molar-refractivity contribution in [1.29, 1.82) is 0 Å². The second-order valence-corrected chi connectivity index (χ2v) is 6.80. The van der Waals surface area contributed by atoms with Crippen LogP contribution in [0.5, 0.6) is 0 Å². The van der Waals surface area contributed by atoms with Crippen LogP contribution in [-0.4, -0.2) is 47.0 Å². The predicted molar refractivity (Wildman–Crippen MR) is 87.3 cm³/mol. The number of fused-ring (bicyclic) bond motifs is 1. The Kier molecular flexibility index (Phi) is 3.79. The topological polar surface area (TPSA) is 49.6 Å². The summed E-state index contributed by atoms with van der Waals surface area (Å²) in [5, 5.41) is 0.672. The summed E-state index contributed by atoms with van der Waals surface area (Å²) in [6.45, 7) is 6.81. The highest BCUT2D eigenvalue weighted by atomic mass is 35.5. The molecule has 1 aromatic carbocycles. The van der Waals surface area contributed by atoms with Gasteiger partial charge in [-0.1, -0.05) is 23.7 Å². The van der Waals surface area contributed by atoms with Gasteiger partial charge >= 0.3 is 6.09 Å². The normalized spacial score (nSPS) is 29.0. The Balaban J connectivity index is 1.93. The van der Waals surface area contributed by atoms with Gasteiger partial charge in [-0.15, -0.1) is 0 Å². The molecule has 23 heavy (non-hydrogen) atoms. The molecule has 2 fully saturated rings. The van der Waals surface area contributed by atoms with Gasteiger partial charge in [-0.3, -0.25) is 4.79 Å². The maximum absolute atomic E-state index is 12.2. The molecule has 124 valence electrons. The second-order valence-electron chi connectivity index (χ2n) is 6.37. The molecule has 0 N–H and O–H groups in total. The van der Waals surface area contributed by atoms with Gasteiger partial charge in [-0.2, -0.15) is 0 Å². The van der Waals surface area contributed by atoms with E-state index in [9.17, 15) is 9.59 Å². The highest BCUT2D eigenvalue weighted by Crippen LogP contribution is 2.63. The zero-order valence-corrected chi connectivity index (χ0v) is 14.4. The molecule has 3 rings (SSSR count). The number of amides is 2. The van der Waals surface area contributed by atoms with Gasteiger partial charge in [-0.25, -0.2) is 4.79 Å². The summed E-state index contributed by atoms with van der Waals surface area (Å²) in [7, 11) is 0. The van der Waals surface area contributed by atoms with Crippen molar-refractivity contribution in [3.05, 3.63) is 34.9 Å². The zero-order valence-electron chi connectivity index (χ0n) is 13.6. The summed E-state index contributed by atoms with van der Waals surface area (Å²) in [6.07, 6.45) is 0.387. The molecule has 2 saturated heterocycles. The average molecular weight is 337 g/mol. The molecule has 2 aliphatic heterocycles. The number of nitrogens with zero attached hydrogens (tertiary/aromatic N) is 2. The summed E-state index contributed by atoms with van der Waals surface area (Å²) < 4.78 is 5.11. The fourth-order valence-electron chi connectivity index (χ4n) is 4.21. The Bertz CT molecular complexity index is 648. The van der Waals surface area contributed by atoms with Crippen molar-refractivity contribution >= 4 is 23.6 Å². The fraction of sp³-hybridized carbons (Fsp3) is 0.529. The molecule has 5 nitrogen and oxygen atoms in total. The standard InChI is InChI=1S/C17H21ClN2O3/c1-4-23-15(22)19-10-9-17(13-5-7-14(18)8-6-13)16(3,11-19)20(17)12(2)21/h5-8H,4,9-11H2,1-3H3. The van der Waals surface area contributed by atoms with E-state index in [4.69, 9.17) is 16.3 Å². The lowest BCUT2D eigenvalue weighted by Crippen LogP contribution is -2.47. The first-order valence-electron chi connectivity index (χ1n) is 7.85. The van der Waals surface area contributed by atoms with Crippen LogP contribution in [-0.2, 0) is 15.1 Å². The van der Waals surface area contributed by atoms with Crippen molar-refractivity contribution in [1.82, 2.24) is 9.80 Å². The Morgan fingerprint density at radius 3 is 2.52 bits per heavy atom. The first-order valence-corrected chi connectivity index (χ1v) is 8.23. The van der Waals surface area contributed by atoms with Crippen molar-refractivity contribution in [2.24, 2.45) is 0 Å². The Morgan fingerprint density at radius 2 is 1.96 bits per heavy atom. The van der Waals surface area contributed by atoms with Crippen LogP contribution in [0.2, 0.25) is 5.02 Å². The quantitative estimate of drug-likeness (QED) is 0.780. The largest absolute Gasteiger partial charge is 0.450 e. The van der Waals surface area contributed by atoms with Crippen molar-refractivity contribution < 1.29 is 14.3 Å². The van der Waals surface area contributed by atoms with Gasteiger partial charge < -0.3 is 14.5 Å². The molecule has 0 aromatic heterocycles. The van der Waals surface area contributed by atoms with Crippen LogP contribution >= 0.6 is 11.6 Å². The van der Waals surface area contributed by atoms with Crippen molar-refractivity contribution in [2.45, 2.75) is 38.3 Å². The van der Waals surface area contributed by atoms with E-state index in [0.717, 1.165) is 5.56 Å². The molecule has 2 amide bonds. The third-order valence-corrected chi connectivity index (χ3v) is 5.37. The van der Waals surface area contributed by atoms with E-state index in [0.29, 0.717) is 31.1 Å². The molecule has 0 aliphatic carbocycles. The molecule has 2 unspecified atom stereocenters. The molecule has 2 atom stereocenters. The van der Waals surface area contributed by atoms with Crippen LogP contribution in [0.25, 0.3) is 0 Å². The highest BCUT2D eigenvalue weighted by molar-refractivity contribution is 6.30. The molecule has 0 spiro atoms. The number of piperidine rings is 1. The number of hydrogen-bond acceptors (Lipinski definition) is 3. The lowest BCUT2D eigenvalue weighted by molar-refractivity contribution is -0.125. The monoisotopic (exact) mass is 336 g/mol. The lowest BCUT2D eigenvalue weighted by Gasteiger charge is -2.32. The first kappa shape index (κ1) is 16.1. The molecule has 0 saturated carbocycles. The SMILES string of the molecule is CCOC(=O)N1CCC2(c3ccc(Cl)cc3)N(C(C)=O)C2(C)C1. The first-order chi connectivity index (χ1) is 10.9. The molecule has 6 heteroatoms. The number of carbonyl (C=O) groups is 2. The Labute approximate surface area is 141 Å². The number of rotatable bonds is 2. The van der Waals surface area contributed by atoms with Gasteiger partial charge in [0.1, 0.15) is 0 Å². The van der Waals surface area contributed by atoms with E-state index in [1.165, 1.54) is 0 Å². The number of carbonyl (C=O) groups excluding carboxylic acids is 2. The van der Waals surface area contributed by atoms with Crippen LogP contribution in [0, 0.1) is 0 Å². The van der Waals surface area contributed by atoms with Crippen LogP contribution in [0.3, 0.4) is 0 Å². The molecule has 1 aromatic rings. The fourth-order valence-corrected chi connectivity index (χ4v) is 4.33. The number of benzene rings is 1. The summed E-state index contributed by atoms with van der Waals surface area (Å²) in [4.78, 5) is 27.8. The van der Waals surface area contributed by atoms with E-state index in [2.05, 4.69) is 0 Å². The van der Waals surface area contributed by atoms with E-state index in [1.54, 1.807) is 18.7 Å². The van der Waals surface area contributed by atoms with Gasteiger partial charge in [0.2, 0.25) is 5.91 Å². The van der Waals surface area contributed by atoms with Gasteiger partial charge in [0.25, 0.3) is 0 Å². The molecule has 2 aliphatic rings. The van der Waals surface area contributed by atoms with Gasteiger partial charge in [0.05, 0.1) is 17.7 Å². The van der Waals surface area contributed by atoms with Crippen LogP contribution in [0.1, 0.15) is 32.8 Å². The lowest BCUT2D eigenvalue weighted by atomic mass is 9.81. The Hall–Kier alpha value is -1.75. The maximum atomic E-state index is 12.2. The minimum absolute atomic E-state index is 0.0214. The molecular weight excluding hydrogens is 316 g/mol. The van der Waals surface area contributed by atoms with Gasteiger partial charge in [0, 0.05) is 25.0 Å². The van der Waals surface area contributed by atoms with E-state index >= 15 is 0 Å². The summed E-state index contributed by atoms with van der Waals surface area (Å²) in [6, 6.07) is 7.65. The third-order valence-electron chi connectivity index (χ3n) is 5.12. The number of ether oxygens (including phenoxy) is 1. The minimum Gasteiger partial charge on any atom is -0.450 e. The van der Waals surface area contributed by atoms with Gasteiger partial charge in [-0.05, 0) is 38.0 Å². The average Bonchev–Trinajstić information content (AvgIpc) is 3.08. The minimum atomic E-state index is -0.405. The van der Waals surface area contributed by atoms with Crippen molar-refractivity contribution in [3.63, 3.8) is 0 Å². The maximum Gasteiger partial charge on any atom is 0.409 e. The molecule has 2 heterocycles. The molecular formula is C17H21ClN2O3. The highest BCUT2D eigenvalue weighted by Gasteiger charge is 2.76.